The predicted molar refractivity (Wildman–Crippen MR) is 60.7 cm³/mol. The van der Waals surface area contributed by atoms with Gasteiger partial charge in [-0.2, -0.15) is 22.0 Å². The molecular weight excluding hydrogens is 329 g/mol. The van der Waals surface area contributed by atoms with E-state index >= 15 is 0 Å². The van der Waals surface area contributed by atoms with Crippen LogP contribution in [0.5, 0.6) is 0 Å². The van der Waals surface area contributed by atoms with Crippen LogP contribution in [0.2, 0.25) is 0 Å². The molecule has 0 bridgehead atoms. The Morgan fingerprint density at radius 3 is 2.33 bits per heavy atom. The maximum absolute atomic E-state index is 12.6. The maximum Gasteiger partial charge on any atom is 0.443 e. The SMILES string of the molecule is CNC(COCC(F)(F)C(F)F)c1cnc(C(F)(F)F)s1. The minimum atomic E-state index is -4.61. The monoisotopic (exact) mass is 340 g/mol. The van der Waals surface area contributed by atoms with Crippen LogP contribution in [0.4, 0.5) is 30.7 Å². The number of nitrogens with one attached hydrogen (secondary N) is 1. The van der Waals surface area contributed by atoms with Crippen molar-refractivity contribution in [2.24, 2.45) is 0 Å². The molecular formula is C10H11F7N2OS. The lowest BCUT2D eigenvalue weighted by Crippen LogP contribution is -2.34. The van der Waals surface area contributed by atoms with Crippen LogP contribution in [0.25, 0.3) is 0 Å². The zero-order valence-electron chi connectivity index (χ0n) is 10.6. The van der Waals surface area contributed by atoms with Crippen LogP contribution in [-0.4, -0.2) is 37.6 Å². The standard InChI is InChI=1S/C10H11F7N2OS/c1-18-5(3-20-4-9(13,14)7(11)12)6-2-19-8(21-6)10(15,16)17/h2,5,7,18H,3-4H2,1H3. The number of nitrogens with zero attached hydrogens (tertiary/aromatic N) is 1. The van der Waals surface area contributed by atoms with E-state index in [-0.39, 0.29) is 4.88 Å². The molecule has 1 unspecified atom stereocenters. The summed E-state index contributed by atoms with van der Waals surface area (Å²) in [5, 5.41) is 1.46. The van der Waals surface area contributed by atoms with Gasteiger partial charge in [-0.15, -0.1) is 11.3 Å². The largest absolute Gasteiger partial charge is 0.443 e. The van der Waals surface area contributed by atoms with Gasteiger partial charge in [0.2, 0.25) is 0 Å². The van der Waals surface area contributed by atoms with Gasteiger partial charge in [0.15, 0.2) is 5.01 Å². The molecule has 0 fully saturated rings. The van der Waals surface area contributed by atoms with Gasteiger partial charge in [0.05, 0.1) is 12.6 Å². The van der Waals surface area contributed by atoms with E-state index in [2.05, 4.69) is 15.0 Å². The summed E-state index contributed by atoms with van der Waals surface area (Å²) in [7, 11) is 1.37. The second-order valence-electron chi connectivity index (χ2n) is 3.98. The first-order valence-electron chi connectivity index (χ1n) is 5.52. The first-order valence-corrected chi connectivity index (χ1v) is 6.33. The van der Waals surface area contributed by atoms with Crippen molar-refractivity contribution in [3.63, 3.8) is 0 Å². The number of aromatic nitrogens is 1. The minimum Gasteiger partial charge on any atom is -0.373 e. The van der Waals surface area contributed by atoms with Crippen LogP contribution in [0.3, 0.4) is 0 Å². The summed E-state index contributed by atoms with van der Waals surface area (Å²) in [4.78, 5) is 3.27. The third-order valence-corrected chi connectivity index (χ3v) is 3.51. The van der Waals surface area contributed by atoms with Crippen LogP contribution >= 0.6 is 11.3 Å². The molecule has 122 valence electrons. The molecule has 21 heavy (non-hydrogen) atoms. The Labute approximate surface area is 119 Å². The normalized spacial score (nSPS) is 14.7. The smallest absolute Gasteiger partial charge is 0.373 e. The summed E-state index contributed by atoms with van der Waals surface area (Å²) in [6.45, 7) is -2.01. The Balaban J connectivity index is 2.62. The molecule has 1 aromatic heterocycles. The van der Waals surface area contributed by atoms with Crippen molar-refractivity contribution in [1.82, 2.24) is 10.3 Å². The summed E-state index contributed by atoms with van der Waals surface area (Å²) in [5.74, 6) is -4.30. The molecule has 0 saturated carbocycles. The second kappa shape index (κ2) is 6.88. The summed E-state index contributed by atoms with van der Waals surface area (Å²) >= 11 is 0.322. The summed E-state index contributed by atoms with van der Waals surface area (Å²) < 4.78 is 90.6. The van der Waals surface area contributed by atoms with Crippen molar-refractivity contribution < 1.29 is 35.5 Å². The van der Waals surface area contributed by atoms with Crippen molar-refractivity contribution in [2.45, 2.75) is 24.6 Å². The number of hydrogen-bond acceptors (Lipinski definition) is 4. The number of ether oxygens (including phenoxy) is 1. The minimum absolute atomic E-state index is 0.102. The molecule has 1 atom stereocenters. The number of likely N-dealkylation sites (N-methyl/N-ethyl adjacent to an activating group) is 1. The van der Waals surface area contributed by atoms with Gasteiger partial charge in [0, 0.05) is 11.1 Å². The van der Waals surface area contributed by atoms with Gasteiger partial charge in [-0.25, -0.2) is 13.8 Å². The average molecular weight is 340 g/mol. The van der Waals surface area contributed by atoms with Crippen molar-refractivity contribution in [2.75, 3.05) is 20.3 Å². The predicted octanol–water partition coefficient (Wildman–Crippen LogP) is 3.34. The number of rotatable bonds is 7. The topological polar surface area (TPSA) is 34.1 Å². The molecule has 0 aliphatic rings. The Bertz CT molecular complexity index is 449. The molecule has 1 heterocycles. The van der Waals surface area contributed by atoms with Crippen LogP contribution in [-0.2, 0) is 10.9 Å². The Hall–Kier alpha value is -0.940. The lowest BCUT2D eigenvalue weighted by molar-refractivity contribution is -0.167. The van der Waals surface area contributed by atoms with Crippen molar-refractivity contribution in [1.29, 1.82) is 0 Å². The second-order valence-corrected chi connectivity index (χ2v) is 5.05. The highest BCUT2D eigenvalue weighted by molar-refractivity contribution is 7.11. The molecule has 0 amide bonds. The van der Waals surface area contributed by atoms with Crippen molar-refractivity contribution >= 4 is 11.3 Å². The van der Waals surface area contributed by atoms with E-state index in [1.165, 1.54) is 7.05 Å². The molecule has 0 radical (unpaired) electrons. The zero-order valence-corrected chi connectivity index (χ0v) is 11.4. The van der Waals surface area contributed by atoms with E-state index in [1.54, 1.807) is 0 Å². The number of thiazole rings is 1. The van der Waals surface area contributed by atoms with E-state index in [0.717, 1.165) is 6.20 Å². The molecule has 11 heteroatoms. The van der Waals surface area contributed by atoms with E-state index in [4.69, 9.17) is 0 Å². The molecule has 1 aromatic rings. The summed E-state index contributed by atoms with van der Waals surface area (Å²) in [6.07, 6.45) is -7.54. The van der Waals surface area contributed by atoms with Crippen molar-refractivity contribution in [3.05, 3.63) is 16.1 Å². The molecule has 1 rings (SSSR count). The van der Waals surface area contributed by atoms with Crippen LogP contribution in [0, 0.1) is 0 Å². The number of hydrogen-bond donors (Lipinski definition) is 1. The van der Waals surface area contributed by atoms with Gasteiger partial charge in [-0.3, -0.25) is 0 Å². The van der Waals surface area contributed by atoms with Gasteiger partial charge < -0.3 is 10.1 Å². The number of alkyl halides is 7. The average Bonchev–Trinajstić information content (AvgIpc) is 2.83. The molecule has 0 saturated heterocycles. The Kier molecular flexibility index (Phi) is 5.93. The fourth-order valence-corrected chi connectivity index (χ4v) is 2.14. The van der Waals surface area contributed by atoms with E-state index in [9.17, 15) is 30.7 Å². The highest BCUT2D eigenvalue weighted by Gasteiger charge is 2.41. The molecule has 0 spiro atoms. The van der Waals surface area contributed by atoms with E-state index in [0.29, 0.717) is 11.3 Å². The van der Waals surface area contributed by atoms with Gasteiger partial charge in [-0.1, -0.05) is 0 Å². The van der Waals surface area contributed by atoms with E-state index in [1.807, 2.05) is 0 Å². The van der Waals surface area contributed by atoms with Crippen LogP contribution < -0.4 is 5.32 Å². The molecule has 0 aliphatic carbocycles. The van der Waals surface area contributed by atoms with Crippen molar-refractivity contribution in [3.8, 4) is 0 Å². The fourth-order valence-electron chi connectivity index (χ4n) is 1.26. The molecule has 0 aromatic carbocycles. The van der Waals surface area contributed by atoms with E-state index < -0.39 is 42.8 Å². The van der Waals surface area contributed by atoms with Gasteiger partial charge in [0.25, 0.3) is 0 Å². The fraction of sp³-hybridized carbons (Fsp3) is 0.700. The van der Waals surface area contributed by atoms with Crippen LogP contribution in [0.1, 0.15) is 15.9 Å². The summed E-state index contributed by atoms with van der Waals surface area (Å²) in [6, 6.07) is -0.855. The van der Waals surface area contributed by atoms with Gasteiger partial charge >= 0.3 is 18.5 Å². The van der Waals surface area contributed by atoms with Gasteiger partial charge in [-0.05, 0) is 7.05 Å². The Morgan fingerprint density at radius 2 is 1.90 bits per heavy atom. The van der Waals surface area contributed by atoms with Crippen LogP contribution in [0.15, 0.2) is 6.20 Å². The first-order chi connectivity index (χ1) is 9.58. The highest BCUT2D eigenvalue weighted by Crippen LogP contribution is 2.34. The third-order valence-electron chi connectivity index (χ3n) is 2.36. The highest BCUT2D eigenvalue weighted by atomic mass is 32.1. The maximum atomic E-state index is 12.6. The third kappa shape index (κ3) is 5.08. The first kappa shape index (κ1) is 18.1. The molecule has 3 nitrogen and oxygen atoms in total. The molecule has 0 aliphatic heterocycles. The zero-order chi connectivity index (χ0) is 16.3. The Morgan fingerprint density at radius 1 is 1.29 bits per heavy atom. The molecule has 1 N–H and O–H groups in total. The lowest BCUT2D eigenvalue weighted by Gasteiger charge is -2.18. The van der Waals surface area contributed by atoms with Gasteiger partial charge in [0.1, 0.15) is 6.61 Å². The quantitative estimate of drug-likeness (QED) is 0.773. The lowest BCUT2D eigenvalue weighted by atomic mass is 10.3. The number of halogens is 7. The summed E-state index contributed by atoms with van der Waals surface area (Å²) in [5.41, 5.74) is 0.